The maximum absolute atomic E-state index is 13.1. The first-order chi connectivity index (χ1) is 14.4. The number of hydrogen-bond acceptors (Lipinski definition) is 6. The second-order valence-corrected chi connectivity index (χ2v) is 7.53. The van der Waals surface area contributed by atoms with E-state index in [2.05, 4.69) is 4.98 Å². The van der Waals surface area contributed by atoms with Crippen molar-refractivity contribution in [1.82, 2.24) is 9.55 Å². The second-order valence-electron chi connectivity index (χ2n) is 6.47. The third-order valence-corrected chi connectivity index (χ3v) is 5.51. The van der Waals surface area contributed by atoms with Gasteiger partial charge in [0.1, 0.15) is 16.4 Å². The molecule has 2 aromatic carbocycles. The van der Waals surface area contributed by atoms with E-state index < -0.39 is 5.97 Å². The first kappa shape index (κ1) is 19.4. The highest BCUT2D eigenvalue weighted by molar-refractivity contribution is 7.21. The Bertz CT molecular complexity index is 1280. The number of carbonyl (C=O) groups excluding carboxylic acids is 1. The van der Waals surface area contributed by atoms with Crippen LogP contribution in [-0.2, 0) is 11.8 Å². The Morgan fingerprint density at radius 3 is 2.60 bits per heavy atom. The Morgan fingerprint density at radius 1 is 1.17 bits per heavy atom. The summed E-state index contributed by atoms with van der Waals surface area (Å²) < 4.78 is 8.42. The van der Waals surface area contributed by atoms with Gasteiger partial charge in [-0.15, -0.1) is 11.3 Å². The predicted molar refractivity (Wildman–Crippen MR) is 113 cm³/mol. The third-order valence-electron chi connectivity index (χ3n) is 4.38. The van der Waals surface area contributed by atoms with Crippen LogP contribution in [0.4, 0.5) is 0 Å². The molecule has 0 saturated heterocycles. The minimum absolute atomic E-state index is 0.0980. The number of hydrogen-bond donors (Lipinski definition) is 2. The smallest absolute Gasteiger partial charge is 0.328 e. The molecule has 0 unspecified atom stereocenters. The van der Waals surface area contributed by atoms with E-state index >= 15 is 0 Å². The molecule has 8 heteroatoms. The summed E-state index contributed by atoms with van der Waals surface area (Å²) in [5.41, 5.74) is 0.703. The lowest BCUT2D eigenvalue weighted by Crippen LogP contribution is -2.08. The Hall–Kier alpha value is -3.91. The summed E-state index contributed by atoms with van der Waals surface area (Å²) in [5.74, 6) is -0.0495. The van der Waals surface area contributed by atoms with Crippen molar-refractivity contribution in [1.29, 1.82) is 0 Å². The molecule has 0 bridgehead atoms. The number of nitrogens with zero attached hydrogens (tertiary/aromatic N) is 2. The lowest BCUT2D eigenvalue weighted by molar-refractivity contribution is -0.131. The molecule has 0 spiro atoms. The zero-order chi connectivity index (χ0) is 21.3. The van der Waals surface area contributed by atoms with E-state index in [1.807, 2.05) is 0 Å². The van der Waals surface area contributed by atoms with E-state index in [0.29, 0.717) is 32.0 Å². The number of aliphatic carboxylic acids is 1. The molecule has 2 aromatic heterocycles. The number of thiophene rings is 1. The monoisotopic (exact) mass is 420 g/mol. The van der Waals surface area contributed by atoms with Crippen molar-refractivity contribution in [3.05, 3.63) is 77.2 Å². The van der Waals surface area contributed by atoms with Gasteiger partial charge in [-0.05, 0) is 42.0 Å². The van der Waals surface area contributed by atoms with Crippen molar-refractivity contribution in [3.63, 3.8) is 0 Å². The van der Waals surface area contributed by atoms with Crippen molar-refractivity contribution in [2.24, 2.45) is 7.05 Å². The fourth-order valence-corrected chi connectivity index (χ4v) is 4.03. The van der Waals surface area contributed by atoms with Gasteiger partial charge in [-0.25, -0.2) is 9.78 Å². The normalized spacial score (nSPS) is 11.2. The highest BCUT2D eigenvalue weighted by atomic mass is 32.1. The van der Waals surface area contributed by atoms with Crippen LogP contribution in [0.15, 0.2) is 60.9 Å². The quantitative estimate of drug-likeness (QED) is 0.353. The number of aromatic hydroxyl groups is 1. The second kappa shape index (κ2) is 7.84. The molecular weight excluding hydrogens is 404 g/mol. The number of carboxylic acids is 1. The number of benzene rings is 2. The maximum atomic E-state index is 13.1. The maximum Gasteiger partial charge on any atom is 0.328 e. The number of rotatable bonds is 6. The lowest BCUT2D eigenvalue weighted by Gasteiger charge is -2.08. The summed E-state index contributed by atoms with van der Waals surface area (Å²) in [7, 11) is 1.74. The van der Waals surface area contributed by atoms with Crippen LogP contribution in [0.25, 0.3) is 16.2 Å². The molecule has 0 aliphatic rings. The minimum atomic E-state index is -1.03. The highest BCUT2D eigenvalue weighted by Crippen LogP contribution is 2.42. The fraction of sp³-hybridized carbons (Fsp3) is 0.0455. The topological polar surface area (TPSA) is 102 Å². The fourth-order valence-electron chi connectivity index (χ4n) is 2.93. The van der Waals surface area contributed by atoms with E-state index in [-0.39, 0.29) is 17.4 Å². The van der Waals surface area contributed by atoms with Crippen molar-refractivity contribution in [2.45, 2.75) is 0 Å². The summed E-state index contributed by atoms with van der Waals surface area (Å²) >= 11 is 1.22. The van der Waals surface area contributed by atoms with Gasteiger partial charge in [-0.2, -0.15) is 0 Å². The number of carbonyl (C=O) groups is 2. The van der Waals surface area contributed by atoms with Crippen LogP contribution < -0.4 is 4.74 Å². The summed E-state index contributed by atoms with van der Waals surface area (Å²) in [6.45, 7) is 0. The van der Waals surface area contributed by atoms with Gasteiger partial charge in [-0.3, -0.25) is 4.79 Å². The molecule has 150 valence electrons. The molecule has 0 fully saturated rings. The van der Waals surface area contributed by atoms with Crippen LogP contribution in [0.2, 0.25) is 0 Å². The number of phenols is 1. The van der Waals surface area contributed by atoms with E-state index in [9.17, 15) is 14.7 Å². The average molecular weight is 420 g/mol. The van der Waals surface area contributed by atoms with Gasteiger partial charge in [-0.1, -0.05) is 12.1 Å². The lowest BCUT2D eigenvalue weighted by atomic mass is 10.2. The van der Waals surface area contributed by atoms with Crippen LogP contribution in [0.1, 0.15) is 21.1 Å². The summed E-state index contributed by atoms with van der Waals surface area (Å²) in [6.07, 6.45) is 5.77. The van der Waals surface area contributed by atoms with E-state index in [0.717, 1.165) is 6.08 Å². The van der Waals surface area contributed by atoms with Crippen LogP contribution in [0.5, 0.6) is 17.2 Å². The molecule has 0 atom stereocenters. The third kappa shape index (κ3) is 3.81. The number of ether oxygens (including phenoxy) is 1. The van der Waals surface area contributed by atoms with Gasteiger partial charge in [0.2, 0.25) is 5.78 Å². The van der Waals surface area contributed by atoms with Crippen LogP contribution in [0, 0.1) is 0 Å². The van der Waals surface area contributed by atoms with Gasteiger partial charge in [0.05, 0.1) is 0 Å². The first-order valence-electron chi connectivity index (χ1n) is 8.89. The standard InChI is InChI=1S/C22H16N2O5S/c1-24-11-10-23-22(24)19(28)21-20(16-8-5-14(25)12-17(16)30-21)29-15-6-2-13(3-7-15)4-9-18(26)27/h2-12,25H,1H3,(H,26,27)/b9-4+. The SMILES string of the molecule is Cn1ccnc1C(=O)c1sc2cc(O)ccc2c1Oc1ccc(/C=C/C(=O)O)cc1. The zero-order valence-corrected chi connectivity index (χ0v) is 16.6. The molecule has 0 saturated carbocycles. The average Bonchev–Trinajstić information content (AvgIpc) is 3.30. The molecule has 4 aromatic rings. The van der Waals surface area contributed by atoms with Crippen molar-refractivity contribution < 1.29 is 24.5 Å². The predicted octanol–water partition coefficient (Wildman–Crippen LogP) is 4.46. The van der Waals surface area contributed by atoms with Gasteiger partial charge in [0, 0.05) is 35.6 Å². The number of aromatic nitrogens is 2. The van der Waals surface area contributed by atoms with Gasteiger partial charge < -0.3 is 19.5 Å². The van der Waals surface area contributed by atoms with Gasteiger partial charge in [0.15, 0.2) is 11.6 Å². The van der Waals surface area contributed by atoms with Crippen molar-refractivity contribution in [3.8, 4) is 17.2 Å². The van der Waals surface area contributed by atoms with Gasteiger partial charge in [0.25, 0.3) is 0 Å². The number of aryl methyl sites for hydroxylation is 1. The minimum Gasteiger partial charge on any atom is -0.508 e. The zero-order valence-electron chi connectivity index (χ0n) is 15.8. The molecule has 0 aliphatic carbocycles. The van der Waals surface area contributed by atoms with Crippen LogP contribution in [-0.4, -0.2) is 31.5 Å². The Morgan fingerprint density at radius 2 is 1.93 bits per heavy atom. The van der Waals surface area contributed by atoms with Gasteiger partial charge >= 0.3 is 5.97 Å². The summed E-state index contributed by atoms with van der Waals surface area (Å²) in [4.78, 5) is 28.3. The Kier molecular flexibility index (Phi) is 5.07. The van der Waals surface area contributed by atoms with Crippen molar-refractivity contribution in [2.75, 3.05) is 0 Å². The summed E-state index contributed by atoms with van der Waals surface area (Å²) in [5, 5.41) is 19.3. The Balaban J connectivity index is 1.75. The number of imidazole rings is 1. The molecule has 2 heterocycles. The molecule has 0 amide bonds. The first-order valence-corrected chi connectivity index (χ1v) is 9.70. The number of phenolic OH excluding ortho intramolecular Hbond substituents is 1. The largest absolute Gasteiger partial charge is 0.508 e. The molecule has 4 rings (SSSR count). The molecule has 0 aliphatic heterocycles. The molecule has 2 N–H and O–H groups in total. The van der Waals surface area contributed by atoms with Crippen LogP contribution >= 0.6 is 11.3 Å². The van der Waals surface area contributed by atoms with E-state index in [1.165, 1.54) is 23.5 Å². The Labute approximate surface area is 175 Å². The van der Waals surface area contributed by atoms with E-state index in [4.69, 9.17) is 9.84 Å². The molecule has 30 heavy (non-hydrogen) atoms. The number of carboxylic acid groups (broad SMARTS) is 1. The molecule has 7 nitrogen and oxygen atoms in total. The number of ketones is 1. The van der Waals surface area contributed by atoms with Crippen molar-refractivity contribution >= 4 is 39.3 Å². The molecule has 0 radical (unpaired) electrons. The number of fused-ring (bicyclic) bond motifs is 1. The summed E-state index contributed by atoms with van der Waals surface area (Å²) in [6, 6.07) is 11.7. The highest BCUT2D eigenvalue weighted by Gasteiger charge is 2.24. The van der Waals surface area contributed by atoms with Crippen LogP contribution in [0.3, 0.4) is 0 Å². The molecular formula is C22H16N2O5S. The van der Waals surface area contributed by atoms with E-state index in [1.54, 1.807) is 60.4 Å².